The molecule has 30 heavy (non-hydrogen) atoms. The molecule has 4 aromatic rings. The number of nitrogens with zero attached hydrogens (tertiary/aromatic N) is 3. The van der Waals surface area contributed by atoms with E-state index in [1.807, 2.05) is 42.5 Å². The molecule has 0 N–H and O–H groups in total. The van der Waals surface area contributed by atoms with Crippen LogP contribution in [0.4, 0.5) is 0 Å². The number of ether oxygens (including phenoxy) is 1. The van der Waals surface area contributed by atoms with Crippen LogP contribution in [0.15, 0.2) is 53.3 Å². The summed E-state index contributed by atoms with van der Waals surface area (Å²) in [5.74, 6) is 1.37. The summed E-state index contributed by atoms with van der Waals surface area (Å²) in [6.45, 7) is 2.92. The van der Waals surface area contributed by atoms with Crippen LogP contribution in [0, 0.1) is 0 Å². The Hall–Kier alpha value is -2.70. The van der Waals surface area contributed by atoms with E-state index < -0.39 is 0 Å². The maximum Gasteiger partial charge on any atom is 0.291 e. The molecule has 0 amide bonds. The molecule has 5 nitrogen and oxygen atoms in total. The molecule has 7 heteroatoms. The molecule has 0 unspecified atom stereocenters. The Bertz CT molecular complexity index is 1230. The Labute approximate surface area is 183 Å². The quantitative estimate of drug-likeness (QED) is 0.363. The lowest BCUT2D eigenvalue weighted by Gasteiger charge is -2.06. The second kappa shape index (κ2) is 9.41. The first-order valence-corrected chi connectivity index (χ1v) is 11.2. The van der Waals surface area contributed by atoms with Gasteiger partial charge in [-0.05, 0) is 54.5 Å². The van der Waals surface area contributed by atoms with Gasteiger partial charge in [0.25, 0.3) is 5.56 Å². The number of unbranched alkanes of at least 4 members (excludes halogenated alkanes) is 3. The molecule has 0 bridgehead atoms. The molecular weight excluding hydrogens is 418 g/mol. The highest BCUT2D eigenvalue weighted by Gasteiger charge is 2.12. The van der Waals surface area contributed by atoms with Gasteiger partial charge in [-0.2, -0.15) is 9.50 Å². The molecule has 0 atom stereocenters. The number of fused-ring (bicyclic) bond motifs is 1. The van der Waals surface area contributed by atoms with Crippen LogP contribution in [0.25, 0.3) is 22.4 Å². The highest BCUT2D eigenvalue weighted by atomic mass is 35.5. The second-order valence-electron chi connectivity index (χ2n) is 7.03. The van der Waals surface area contributed by atoms with Gasteiger partial charge in [-0.15, -0.1) is 5.10 Å². The van der Waals surface area contributed by atoms with Gasteiger partial charge in [-0.25, -0.2) is 0 Å². The maximum absolute atomic E-state index is 12.7. The summed E-state index contributed by atoms with van der Waals surface area (Å²) in [5, 5.41) is 5.07. The second-order valence-corrected chi connectivity index (χ2v) is 8.48. The molecule has 0 radical (unpaired) electrons. The average molecular weight is 440 g/mol. The minimum atomic E-state index is -0.171. The van der Waals surface area contributed by atoms with Crippen molar-refractivity contribution in [3.8, 4) is 17.1 Å². The lowest BCUT2D eigenvalue weighted by atomic mass is 10.2. The normalized spacial score (nSPS) is 12.0. The zero-order chi connectivity index (χ0) is 20.9. The van der Waals surface area contributed by atoms with E-state index in [-0.39, 0.29) is 5.56 Å². The highest BCUT2D eigenvalue weighted by molar-refractivity contribution is 7.15. The van der Waals surface area contributed by atoms with Crippen LogP contribution in [-0.2, 0) is 0 Å². The van der Waals surface area contributed by atoms with E-state index in [0.29, 0.717) is 20.3 Å². The molecule has 0 spiro atoms. The van der Waals surface area contributed by atoms with E-state index in [0.717, 1.165) is 29.9 Å². The smallest absolute Gasteiger partial charge is 0.291 e. The summed E-state index contributed by atoms with van der Waals surface area (Å²) in [6, 6.07) is 15.0. The van der Waals surface area contributed by atoms with E-state index in [1.54, 1.807) is 12.1 Å². The summed E-state index contributed by atoms with van der Waals surface area (Å²) >= 11 is 7.24. The summed E-state index contributed by atoms with van der Waals surface area (Å²) < 4.78 is 7.73. The minimum absolute atomic E-state index is 0.171. The monoisotopic (exact) mass is 439 g/mol. The van der Waals surface area contributed by atoms with Gasteiger partial charge in [0.2, 0.25) is 4.96 Å². The fraction of sp³-hybridized carbons (Fsp3) is 0.261. The molecule has 0 fully saturated rings. The van der Waals surface area contributed by atoms with Gasteiger partial charge in [0, 0.05) is 10.6 Å². The van der Waals surface area contributed by atoms with E-state index in [9.17, 15) is 4.79 Å². The maximum atomic E-state index is 12.7. The van der Waals surface area contributed by atoms with Gasteiger partial charge in [-0.3, -0.25) is 4.79 Å². The Morgan fingerprint density at radius 2 is 1.83 bits per heavy atom. The Kier molecular flexibility index (Phi) is 6.45. The Morgan fingerprint density at radius 3 is 2.53 bits per heavy atom. The molecule has 154 valence electrons. The lowest BCUT2D eigenvalue weighted by Crippen LogP contribution is -2.23. The van der Waals surface area contributed by atoms with Gasteiger partial charge in [0.1, 0.15) is 5.75 Å². The van der Waals surface area contributed by atoms with E-state index in [2.05, 4.69) is 17.0 Å². The number of hydrogen-bond donors (Lipinski definition) is 0. The lowest BCUT2D eigenvalue weighted by molar-refractivity contribution is 0.305. The SMILES string of the molecule is CCCCCCOc1ccc(-c2nc3sc(=Cc4ccc(Cl)cc4)c(=O)n3n2)cc1. The fourth-order valence-electron chi connectivity index (χ4n) is 3.09. The minimum Gasteiger partial charge on any atom is -0.494 e. The molecule has 4 rings (SSSR count). The molecule has 0 aliphatic rings. The van der Waals surface area contributed by atoms with Gasteiger partial charge < -0.3 is 4.74 Å². The Balaban J connectivity index is 1.50. The Morgan fingerprint density at radius 1 is 1.07 bits per heavy atom. The molecule has 2 aromatic carbocycles. The van der Waals surface area contributed by atoms with Crippen molar-refractivity contribution in [2.45, 2.75) is 32.6 Å². The van der Waals surface area contributed by atoms with Crippen molar-refractivity contribution in [1.29, 1.82) is 0 Å². The summed E-state index contributed by atoms with van der Waals surface area (Å²) in [6.07, 6.45) is 6.54. The molecule has 0 aliphatic heterocycles. The van der Waals surface area contributed by atoms with Crippen LogP contribution in [-0.4, -0.2) is 21.2 Å². The van der Waals surface area contributed by atoms with Crippen LogP contribution in [0.2, 0.25) is 5.02 Å². The molecular formula is C23H22ClN3O2S. The topological polar surface area (TPSA) is 56.5 Å². The molecule has 2 aromatic heterocycles. The van der Waals surface area contributed by atoms with Crippen molar-refractivity contribution < 1.29 is 4.74 Å². The number of hydrogen-bond acceptors (Lipinski definition) is 5. The highest BCUT2D eigenvalue weighted by Crippen LogP contribution is 2.21. The van der Waals surface area contributed by atoms with Crippen LogP contribution < -0.4 is 14.8 Å². The third-order valence-electron chi connectivity index (χ3n) is 4.73. The predicted molar refractivity (Wildman–Crippen MR) is 122 cm³/mol. The average Bonchev–Trinajstić information content (AvgIpc) is 3.30. The van der Waals surface area contributed by atoms with Crippen LogP contribution in [0.1, 0.15) is 38.2 Å². The van der Waals surface area contributed by atoms with E-state index in [1.165, 1.54) is 35.1 Å². The third kappa shape index (κ3) is 4.71. The van der Waals surface area contributed by atoms with Gasteiger partial charge in [0.15, 0.2) is 5.82 Å². The van der Waals surface area contributed by atoms with Crippen LogP contribution >= 0.6 is 22.9 Å². The first kappa shape index (κ1) is 20.6. The zero-order valence-corrected chi connectivity index (χ0v) is 18.2. The summed E-state index contributed by atoms with van der Waals surface area (Å²) in [5.41, 5.74) is 1.59. The van der Waals surface area contributed by atoms with Crippen molar-refractivity contribution in [3.05, 3.63) is 74.0 Å². The number of halogens is 1. The van der Waals surface area contributed by atoms with Crippen LogP contribution in [0.5, 0.6) is 5.75 Å². The fourth-order valence-corrected chi connectivity index (χ4v) is 4.12. The predicted octanol–water partition coefficient (Wildman–Crippen LogP) is 4.98. The standard InChI is InChI=1S/C23H22ClN3O2S/c1-2-3-4-5-14-29-19-12-8-17(9-13-19)21-25-23-27(26-21)22(28)20(30-23)15-16-6-10-18(24)11-7-16/h6-13,15H,2-5,14H2,1H3. The largest absolute Gasteiger partial charge is 0.494 e. The van der Waals surface area contributed by atoms with Crippen LogP contribution in [0.3, 0.4) is 0 Å². The summed E-state index contributed by atoms with van der Waals surface area (Å²) in [4.78, 5) is 17.8. The first-order valence-electron chi connectivity index (χ1n) is 10.0. The first-order chi connectivity index (χ1) is 14.6. The number of rotatable bonds is 8. The van der Waals surface area contributed by atoms with E-state index in [4.69, 9.17) is 16.3 Å². The number of benzene rings is 2. The van der Waals surface area contributed by atoms with Crippen molar-refractivity contribution in [3.63, 3.8) is 0 Å². The zero-order valence-electron chi connectivity index (χ0n) is 16.7. The third-order valence-corrected chi connectivity index (χ3v) is 5.94. The van der Waals surface area contributed by atoms with Crippen molar-refractivity contribution in [2.24, 2.45) is 0 Å². The molecule has 0 saturated heterocycles. The van der Waals surface area contributed by atoms with E-state index >= 15 is 0 Å². The van der Waals surface area contributed by atoms with Crippen molar-refractivity contribution in [1.82, 2.24) is 14.6 Å². The molecule has 0 aliphatic carbocycles. The summed E-state index contributed by atoms with van der Waals surface area (Å²) in [7, 11) is 0. The molecule has 2 heterocycles. The number of aromatic nitrogens is 3. The van der Waals surface area contributed by atoms with Crippen molar-refractivity contribution >= 4 is 34.0 Å². The van der Waals surface area contributed by atoms with Gasteiger partial charge in [-0.1, -0.05) is 61.3 Å². The number of thiazole rings is 1. The van der Waals surface area contributed by atoms with Gasteiger partial charge in [0.05, 0.1) is 11.1 Å². The molecule has 0 saturated carbocycles. The van der Waals surface area contributed by atoms with Crippen molar-refractivity contribution in [2.75, 3.05) is 6.61 Å². The van der Waals surface area contributed by atoms with Gasteiger partial charge >= 0.3 is 0 Å².